The number of amides is 1. The average molecular weight is 363 g/mol. The van der Waals surface area contributed by atoms with Crippen LogP contribution in [0.25, 0.3) is 0 Å². The number of carbonyl (C=O) groups excluding carboxylic acids is 1. The fourth-order valence-corrected chi connectivity index (χ4v) is 2.23. The van der Waals surface area contributed by atoms with Crippen LogP contribution in [0, 0.1) is 0 Å². The Kier molecular flexibility index (Phi) is 6.65. The summed E-state index contributed by atoms with van der Waals surface area (Å²) < 4.78 is 15.9. The summed E-state index contributed by atoms with van der Waals surface area (Å²) in [6.45, 7) is 1.56. The highest BCUT2D eigenvalue weighted by Crippen LogP contribution is 2.24. The van der Waals surface area contributed by atoms with Crippen molar-refractivity contribution < 1.29 is 19.0 Å². The monoisotopic (exact) mass is 362 g/mol. The van der Waals surface area contributed by atoms with E-state index in [2.05, 4.69) is 10.5 Å². The van der Waals surface area contributed by atoms with Gasteiger partial charge in [-0.3, -0.25) is 4.79 Å². The van der Waals surface area contributed by atoms with Crippen molar-refractivity contribution >= 4 is 23.2 Å². The standard InChI is InChI=1S/C18H19ClN2O4/c1-12(14-10-13(23-2)8-9-16(14)24-3)20-21-18(22)11-25-17-7-5-4-6-15(17)19/h4-10H,11H2,1-3H3,(H,21,22)/b20-12-. The van der Waals surface area contributed by atoms with E-state index in [1.807, 2.05) is 0 Å². The Bertz CT molecular complexity index is 777. The zero-order valence-electron chi connectivity index (χ0n) is 14.2. The lowest BCUT2D eigenvalue weighted by Crippen LogP contribution is -2.25. The molecule has 0 aliphatic carbocycles. The van der Waals surface area contributed by atoms with Crippen LogP contribution in [0.15, 0.2) is 47.6 Å². The van der Waals surface area contributed by atoms with Crippen molar-refractivity contribution in [2.24, 2.45) is 5.10 Å². The Morgan fingerprint density at radius 1 is 1.12 bits per heavy atom. The van der Waals surface area contributed by atoms with Gasteiger partial charge in [-0.25, -0.2) is 5.43 Å². The maximum atomic E-state index is 11.9. The van der Waals surface area contributed by atoms with Gasteiger partial charge in [-0.15, -0.1) is 0 Å². The van der Waals surface area contributed by atoms with E-state index < -0.39 is 5.91 Å². The Balaban J connectivity index is 2.01. The van der Waals surface area contributed by atoms with Crippen molar-refractivity contribution in [1.29, 1.82) is 0 Å². The van der Waals surface area contributed by atoms with Gasteiger partial charge in [0.15, 0.2) is 6.61 Å². The van der Waals surface area contributed by atoms with Crippen LogP contribution in [-0.4, -0.2) is 32.4 Å². The average Bonchev–Trinajstić information content (AvgIpc) is 2.64. The van der Waals surface area contributed by atoms with Crippen LogP contribution < -0.4 is 19.6 Å². The van der Waals surface area contributed by atoms with Crippen molar-refractivity contribution in [3.8, 4) is 17.2 Å². The zero-order chi connectivity index (χ0) is 18.2. The number of ether oxygens (including phenoxy) is 3. The molecule has 0 saturated carbocycles. The second kappa shape index (κ2) is 8.94. The summed E-state index contributed by atoms with van der Waals surface area (Å²) in [7, 11) is 3.14. The Morgan fingerprint density at radius 3 is 2.56 bits per heavy atom. The molecule has 2 rings (SSSR count). The van der Waals surface area contributed by atoms with E-state index in [-0.39, 0.29) is 6.61 Å². The third kappa shape index (κ3) is 5.12. The highest BCUT2D eigenvalue weighted by atomic mass is 35.5. The normalized spacial score (nSPS) is 11.0. The molecular formula is C18H19ClN2O4. The molecule has 0 aliphatic rings. The fourth-order valence-electron chi connectivity index (χ4n) is 2.04. The smallest absolute Gasteiger partial charge is 0.277 e. The van der Waals surface area contributed by atoms with Gasteiger partial charge in [-0.1, -0.05) is 23.7 Å². The zero-order valence-corrected chi connectivity index (χ0v) is 15.0. The molecule has 7 heteroatoms. The first-order valence-electron chi connectivity index (χ1n) is 7.48. The summed E-state index contributed by atoms with van der Waals surface area (Å²) in [6.07, 6.45) is 0. The third-order valence-corrected chi connectivity index (χ3v) is 3.65. The number of halogens is 1. The van der Waals surface area contributed by atoms with Gasteiger partial charge in [0.2, 0.25) is 0 Å². The summed E-state index contributed by atoms with van der Waals surface area (Å²) in [5, 5.41) is 4.52. The number of carbonyl (C=O) groups is 1. The summed E-state index contributed by atoms with van der Waals surface area (Å²) in [6, 6.07) is 12.3. The maximum absolute atomic E-state index is 11.9. The Hall–Kier alpha value is -2.73. The van der Waals surface area contributed by atoms with Crippen LogP contribution >= 0.6 is 11.6 Å². The highest BCUT2D eigenvalue weighted by molar-refractivity contribution is 6.32. The molecule has 0 aromatic heterocycles. The minimum absolute atomic E-state index is 0.199. The molecule has 0 radical (unpaired) electrons. The van der Waals surface area contributed by atoms with Gasteiger partial charge in [0.1, 0.15) is 17.2 Å². The first kappa shape index (κ1) is 18.6. The number of hydrogen-bond acceptors (Lipinski definition) is 5. The number of rotatable bonds is 7. The topological polar surface area (TPSA) is 69.2 Å². The van der Waals surface area contributed by atoms with Crippen molar-refractivity contribution in [3.63, 3.8) is 0 Å². The molecule has 6 nitrogen and oxygen atoms in total. The number of nitrogens with one attached hydrogen (secondary N) is 1. The summed E-state index contributed by atoms with van der Waals surface area (Å²) >= 11 is 5.97. The number of nitrogens with zero attached hydrogens (tertiary/aromatic N) is 1. The second-order valence-corrected chi connectivity index (χ2v) is 5.42. The van der Waals surface area contributed by atoms with Crippen LogP contribution in [0.5, 0.6) is 17.2 Å². The predicted octanol–water partition coefficient (Wildman–Crippen LogP) is 3.28. The number of para-hydroxylation sites is 1. The van der Waals surface area contributed by atoms with E-state index >= 15 is 0 Å². The third-order valence-electron chi connectivity index (χ3n) is 3.34. The fraction of sp³-hybridized carbons (Fsp3) is 0.222. The van der Waals surface area contributed by atoms with Crippen molar-refractivity contribution in [1.82, 2.24) is 5.43 Å². The SMILES string of the molecule is COc1ccc(OC)c(/C(C)=N\NC(=O)COc2ccccc2Cl)c1. The number of hydrogen-bond donors (Lipinski definition) is 1. The van der Waals surface area contributed by atoms with E-state index in [1.165, 1.54) is 0 Å². The molecule has 2 aromatic carbocycles. The molecule has 25 heavy (non-hydrogen) atoms. The summed E-state index contributed by atoms with van der Waals surface area (Å²) in [5.74, 6) is 1.33. The molecule has 0 saturated heterocycles. The van der Waals surface area contributed by atoms with Gasteiger partial charge < -0.3 is 14.2 Å². The Morgan fingerprint density at radius 2 is 1.88 bits per heavy atom. The lowest BCUT2D eigenvalue weighted by molar-refractivity contribution is -0.123. The van der Waals surface area contributed by atoms with E-state index in [1.54, 1.807) is 63.6 Å². The molecule has 0 bridgehead atoms. The van der Waals surface area contributed by atoms with Gasteiger partial charge >= 0.3 is 0 Å². The van der Waals surface area contributed by atoms with Gasteiger partial charge in [0, 0.05) is 5.56 Å². The van der Waals surface area contributed by atoms with Gasteiger partial charge in [-0.05, 0) is 37.3 Å². The van der Waals surface area contributed by atoms with Crippen molar-refractivity contribution in [2.75, 3.05) is 20.8 Å². The molecule has 0 atom stereocenters. The van der Waals surface area contributed by atoms with Gasteiger partial charge in [0.25, 0.3) is 5.91 Å². The molecule has 0 aliphatic heterocycles. The highest BCUT2D eigenvalue weighted by Gasteiger charge is 2.10. The van der Waals surface area contributed by atoms with E-state index in [4.69, 9.17) is 25.8 Å². The minimum atomic E-state index is -0.402. The second-order valence-electron chi connectivity index (χ2n) is 5.02. The lowest BCUT2D eigenvalue weighted by atomic mass is 10.1. The van der Waals surface area contributed by atoms with Crippen molar-refractivity contribution in [3.05, 3.63) is 53.1 Å². The van der Waals surface area contributed by atoms with E-state index in [0.717, 1.165) is 0 Å². The first-order valence-corrected chi connectivity index (χ1v) is 7.85. The van der Waals surface area contributed by atoms with Gasteiger partial charge in [0.05, 0.1) is 25.0 Å². The molecule has 0 unspecified atom stereocenters. The lowest BCUT2D eigenvalue weighted by Gasteiger charge is -2.10. The first-order chi connectivity index (χ1) is 12.0. The van der Waals surface area contributed by atoms with E-state index in [9.17, 15) is 4.79 Å². The molecule has 0 heterocycles. The molecular weight excluding hydrogens is 344 g/mol. The van der Waals surface area contributed by atoms with Crippen LogP contribution in [0.1, 0.15) is 12.5 Å². The maximum Gasteiger partial charge on any atom is 0.277 e. The quantitative estimate of drug-likeness (QED) is 0.606. The summed E-state index contributed by atoms with van der Waals surface area (Å²) in [5.41, 5.74) is 3.73. The van der Waals surface area contributed by atoms with Crippen LogP contribution in [0.3, 0.4) is 0 Å². The Labute approximate surface area is 151 Å². The minimum Gasteiger partial charge on any atom is -0.497 e. The predicted molar refractivity (Wildman–Crippen MR) is 96.8 cm³/mol. The molecule has 132 valence electrons. The molecule has 0 spiro atoms. The molecule has 2 aromatic rings. The van der Waals surface area contributed by atoms with E-state index in [0.29, 0.717) is 33.5 Å². The number of methoxy groups -OCH3 is 2. The molecule has 0 fully saturated rings. The largest absolute Gasteiger partial charge is 0.497 e. The number of hydrazone groups is 1. The van der Waals surface area contributed by atoms with Crippen molar-refractivity contribution in [2.45, 2.75) is 6.92 Å². The van der Waals surface area contributed by atoms with Crippen LogP contribution in [0.4, 0.5) is 0 Å². The summed E-state index contributed by atoms with van der Waals surface area (Å²) in [4.78, 5) is 11.9. The van der Waals surface area contributed by atoms with Crippen LogP contribution in [0.2, 0.25) is 5.02 Å². The molecule has 1 amide bonds. The van der Waals surface area contributed by atoms with Crippen LogP contribution in [-0.2, 0) is 4.79 Å². The number of benzene rings is 2. The van der Waals surface area contributed by atoms with Gasteiger partial charge in [-0.2, -0.15) is 5.10 Å². The molecule has 1 N–H and O–H groups in total.